The molecule has 0 radical (unpaired) electrons. The predicted molar refractivity (Wildman–Crippen MR) is 102 cm³/mol. The second-order valence-corrected chi connectivity index (χ2v) is 8.76. The highest BCUT2D eigenvalue weighted by Crippen LogP contribution is 2.30. The third-order valence-electron chi connectivity index (χ3n) is 3.83. The molecule has 3 N–H and O–H groups in total. The van der Waals surface area contributed by atoms with Crippen LogP contribution in [0.5, 0.6) is 5.75 Å². The summed E-state index contributed by atoms with van der Waals surface area (Å²) in [6.45, 7) is 6.05. The first kappa shape index (κ1) is 19.9. The number of sulfonamides is 1. The number of phenols is 1. The van der Waals surface area contributed by atoms with Gasteiger partial charge in [0.15, 0.2) is 0 Å². The summed E-state index contributed by atoms with van der Waals surface area (Å²) in [6, 6.07) is 13.0. The second kappa shape index (κ2) is 7.88. The SMILES string of the molecule is CC(C)(C)c1ccc(O)c(NC(=O)CCNS(=O)(=O)c2ccccc2)c1. The Labute approximate surface area is 154 Å². The average molecular weight is 376 g/mol. The van der Waals surface area contributed by atoms with Crippen LogP contribution in [0, 0.1) is 0 Å². The molecule has 0 atom stereocenters. The lowest BCUT2D eigenvalue weighted by Crippen LogP contribution is -2.27. The number of hydrogen-bond acceptors (Lipinski definition) is 4. The monoisotopic (exact) mass is 376 g/mol. The number of anilines is 1. The van der Waals surface area contributed by atoms with E-state index in [1.165, 1.54) is 18.2 Å². The minimum Gasteiger partial charge on any atom is -0.506 e. The second-order valence-electron chi connectivity index (χ2n) is 6.99. The Morgan fingerprint density at radius 3 is 2.35 bits per heavy atom. The Kier molecular flexibility index (Phi) is 6.05. The van der Waals surface area contributed by atoms with Crippen molar-refractivity contribution in [3.05, 3.63) is 54.1 Å². The van der Waals surface area contributed by atoms with E-state index in [-0.39, 0.29) is 34.9 Å². The summed E-state index contributed by atoms with van der Waals surface area (Å²) in [7, 11) is -3.64. The molecule has 0 saturated carbocycles. The maximum atomic E-state index is 12.1. The zero-order chi connectivity index (χ0) is 19.4. The van der Waals surface area contributed by atoms with Gasteiger partial charge in [0.05, 0.1) is 10.6 Å². The summed E-state index contributed by atoms with van der Waals surface area (Å²) in [5, 5.41) is 12.6. The van der Waals surface area contributed by atoms with Crippen LogP contribution in [0.25, 0.3) is 0 Å². The van der Waals surface area contributed by atoms with Gasteiger partial charge in [-0.15, -0.1) is 0 Å². The number of amides is 1. The van der Waals surface area contributed by atoms with Gasteiger partial charge in [-0.3, -0.25) is 4.79 Å². The smallest absolute Gasteiger partial charge is 0.240 e. The first-order valence-electron chi connectivity index (χ1n) is 8.28. The first-order valence-corrected chi connectivity index (χ1v) is 9.76. The minimum atomic E-state index is -3.64. The van der Waals surface area contributed by atoms with Crippen LogP contribution in [0.1, 0.15) is 32.8 Å². The fourth-order valence-corrected chi connectivity index (χ4v) is 3.35. The molecule has 2 aromatic rings. The zero-order valence-electron chi connectivity index (χ0n) is 15.1. The third kappa shape index (κ3) is 5.31. The minimum absolute atomic E-state index is 0.0313. The number of carbonyl (C=O) groups excluding carboxylic acids is 1. The molecule has 0 saturated heterocycles. The number of nitrogens with one attached hydrogen (secondary N) is 2. The molecule has 0 spiro atoms. The number of carbonyl (C=O) groups is 1. The number of benzene rings is 2. The summed E-state index contributed by atoms with van der Waals surface area (Å²) in [6.07, 6.45) is -0.0503. The van der Waals surface area contributed by atoms with Crippen molar-refractivity contribution in [2.75, 3.05) is 11.9 Å². The van der Waals surface area contributed by atoms with E-state index in [1.807, 2.05) is 20.8 Å². The molecule has 0 aliphatic carbocycles. The van der Waals surface area contributed by atoms with Crippen molar-refractivity contribution in [3.63, 3.8) is 0 Å². The van der Waals surface area contributed by atoms with Crippen molar-refractivity contribution >= 4 is 21.6 Å². The first-order chi connectivity index (χ1) is 12.1. The molecule has 0 aromatic heterocycles. The number of rotatable bonds is 6. The van der Waals surface area contributed by atoms with Gasteiger partial charge in [0.1, 0.15) is 5.75 Å². The van der Waals surface area contributed by atoms with Gasteiger partial charge < -0.3 is 10.4 Å². The van der Waals surface area contributed by atoms with Crippen molar-refractivity contribution < 1.29 is 18.3 Å². The number of phenolic OH excluding ortho intramolecular Hbond substituents is 1. The van der Waals surface area contributed by atoms with E-state index in [0.29, 0.717) is 5.69 Å². The van der Waals surface area contributed by atoms with Crippen LogP contribution in [-0.4, -0.2) is 26.0 Å². The van der Waals surface area contributed by atoms with Crippen LogP contribution >= 0.6 is 0 Å². The van der Waals surface area contributed by atoms with Crippen molar-refractivity contribution in [2.45, 2.75) is 37.5 Å². The molecule has 0 aliphatic rings. The van der Waals surface area contributed by atoms with E-state index in [1.54, 1.807) is 30.3 Å². The predicted octanol–water partition coefficient (Wildman–Crippen LogP) is 3.00. The largest absolute Gasteiger partial charge is 0.506 e. The molecule has 2 rings (SSSR count). The van der Waals surface area contributed by atoms with Crippen molar-refractivity contribution in [3.8, 4) is 5.75 Å². The average Bonchev–Trinajstić information content (AvgIpc) is 2.56. The molecule has 26 heavy (non-hydrogen) atoms. The molecule has 0 aliphatic heterocycles. The van der Waals surface area contributed by atoms with Gasteiger partial charge in [-0.05, 0) is 35.2 Å². The summed E-state index contributed by atoms with van der Waals surface area (Å²) in [4.78, 5) is 12.2. The van der Waals surface area contributed by atoms with Crippen LogP contribution in [0.3, 0.4) is 0 Å². The van der Waals surface area contributed by atoms with E-state index in [4.69, 9.17) is 0 Å². The summed E-state index contributed by atoms with van der Waals surface area (Å²) < 4.78 is 26.6. The van der Waals surface area contributed by atoms with E-state index >= 15 is 0 Å². The fourth-order valence-electron chi connectivity index (χ4n) is 2.30. The molecule has 0 bridgehead atoms. The van der Waals surface area contributed by atoms with Gasteiger partial charge in [-0.1, -0.05) is 45.0 Å². The van der Waals surface area contributed by atoms with Gasteiger partial charge in [-0.25, -0.2) is 13.1 Å². The van der Waals surface area contributed by atoms with E-state index in [9.17, 15) is 18.3 Å². The molecular formula is C19H24N2O4S. The maximum Gasteiger partial charge on any atom is 0.240 e. The van der Waals surface area contributed by atoms with E-state index in [2.05, 4.69) is 10.0 Å². The van der Waals surface area contributed by atoms with E-state index in [0.717, 1.165) is 5.56 Å². The highest BCUT2D eigenvalue weighted by Gasteiger charge is 2.17. The van der Waals surface area contributed by atoms with Gasteiger partial charge in [-0.2, -0.15) is 0 Å². The zero-order valence-corrected chi connectivity index (χ0v) is 15.9. The molecule has 2 aromatic carbocycles. The normalized spacial score (nSPS) is 12.0. The molecule has 0 unspecified atom stereocenters. The standard InChI is InChI=1S/C19H24N2O4S/c1-19(2,3)14-9-10-17(22)16(13-14)21-18(23)11-12-20-26(24,25)15-7-5-4-6-8-15/h4-10,13,20,22H,11-12H2,1-3H3,(H,21,23). The van der Waals surface area contributed by atoms with E-state index < -0.39 is 10.0 Å². The van der Waals surface area contributed by atoms with Crippen molar-refractivity contribution in [1.29, 1.82) is 0 Å². The lowest BCUT2D eigenvalue weighted by Gasteiger charge is -2.20. The van der Waals surface area contributed by atoms with Crippen LogP contribution < -0.4 is 10.0 Å². The molecular weight excluding hydrogens is 352 g/mol. The lowest BCUT2D eigenvalue weighted by molar-refractivity contribution is -0.116. The van der Waals surface area contributed by atoms with Crippen LogP contribution in [0.15, 0.2) is 53.4 Å². The topological polar surface area (TPSA) is 95.5 Å². The summed E-state index contributed by atoms with van der Waals surface area (Å²) in [5.74, 6) is -0.418. The number of aromatic hydroxyl groups is 1. The van der Waals surface area contributed by atoms with Crippen LogP contribution in [0.4, 0.5) is 5.69 Å². The molecule has 0 heterocycles. The molecule has 7 heteroatoms. The molecule has 0 fully saturated rings. The molecule has 6 nitrogen and oxygen atoms in total. The Balaban J connectivity index is 1.96. The Morgan fingerprint density at radius 1 is 1.08 bits per heavy atom. The Morgan fingerprint density at radius 2 is 1.73 bits per heavy atom. The van der Waals surface area contributed by atoms with Gasteiger partial charge in [0.25, 0.3) is 0 Å². The van der Waals surface area contributed by atoms with Crippen molar-refractivity contribution in [1.82, 2.24) is 4.72 Å². The molecule has 140 valence electrons. The summed E-state index contributed by atoms with van der Waals surface area (Å²) >= 11 is 0. The van der Waals surface area contributed by atoms with Crippen molar-refractivity contribution in [2.24, 2.45) is 0 Å². The number of hydrogen-bond donors (Lipinski definition) is 3. The van der Waals surface area contributed by atoms with Gasteiger partial charge in [0.2, 0.25) is 15.9 Å². The lowest BCUT2D eigenvalue weighted by atomic mass is 9.87. The molecule has 1 amide bonds. The highest BCUT2D eigenvalue weighted by atomic mass is 32.2. The maximum absolute atomic E-state index is 12.1. The van der Waals surface area contributed by atoms with Crippen LogP contribution in [0.2, 0.25) is 0 Å². The van der Waals surface area contributed by atoms with Gasteiger partial charge in [0, 0.05) is 13.0 Å². The Bertz CT molecular complexity index is 872. The van der Waals surface area contributed by atoms with Gasteiger partial charge >= 0.3 is 0 Å². The van der Waals surface area contributed by atoms with Crippen LogP contribution in [-0.2, 0) is 20.2 Å². The Hall–Kier alpha value is -2.38. The third-order valence-corrected chi connectivity index (χ3v) is 5.31. The summed E-state index contributed by atoms with van der Waals surface area (Å²) in [5.41, 5.74) is 1.15. The fraction of sp³-hybridized carbons (Fsp3) is 0.316. The highest BCUT2D eigenvalue weighted by molar-refractivity contribution is 7.89. The quantitative estimate of drug-likeness (QED) is 0.675.